The van der Waals surface area contributed by atoms with Crippen LogP contribution in [0.25, 0.3) is 0 Å². The molecule has 1 heterocycles. The van der Waals surface area contributed by atoms with Crippen molar-refractivity contribution < 1.29 is 0 Å². The summed E-state index contributed by atoms with van der Waals surface area (Å²) in [4.78, 5) is 7.34. The van der Waals surface area contributed by atoms with Gasteiger partial charge in [-0.05, 0) is 53.6 Å². The van der Waals surface area contributed by atoms with Crippen LogP contribution in [0.3, 0.4) is 0 Å². The van der Waals surface area contributed by atoms with Gasteiger partial charge in [0.15, 0.2) is 5.96 Å². The Morgan fingerprint density at radius 3 is 2.58 bits per heavy atom. The van der Waals surface area contributed by atoms with Crippen LogP contribution in [0.2, 0.25) is 0 Å². The van der Waals surface area contributed by atoms with E-state index >= 15 is 0 Å². The molecule has 1 fully saturated rings. The summed E-state index contributed by atoms with van der Waals surface area (Å²) in [7, 11) is 0. The number of aliphatic imine (C=N–C) groups is 1. The van der Waals surface area contributed by atoms with E-state index in [9.17, 15) is 0 Å². The molecule has 1 unspecified atom stereocenters. The molecule has 0 aromatic heterocycles. The van der Waals surface area contributed by atoms with Crippen LogP contribution in [0, 0.1) is 0 Å². The molecule has 4 heteroatoms. The van der Waals surface area contributed by atoms with Crippen LogP contribution in [0.4, 0.5) is 0 Å². The lowest BCUT2D eigenvalue weighted by Gasteiger charge is -2.34. The van der Waals surface area contributed by atoms with E-state index in [-0.39, 0.29) is 5.54 Å². The number of hydrogen-bond donors (Lipinski definition) is 2. The zero-order chi connectivity index (χ0) is 14.3. The third kappa shape index (κ3) is 6.28. The van der Waals surface area contributed by atoms with E-state index < -0.39 is 0 Å². The predicted molar refractivity (Wildman–Crippen MR) is 83.8 cm³/mol. The second kappa shape index (κ2) is 7.73. The molecule has 0 saturated carbocycles. The number of nitrogens with one attached hydrogen (secondary N) is 2. The first kappa shape index (κ1) is 16.3. The maximum absolute atomic E-state index is 4.77. The standard InChI is InChI=1S/C15H32N4/c1-6-16-14(18-15(3,4)5)17-12-13-10-8-9-11-19(13)7-2/h13H,6-12H2,1-5H3,(H2,16,17,18). The molecule has 19 heavy (non-hydrogen) atoms. The van der Waals surface area contributed by atoms with Crippen molar-refractivity contribution in [3.05, 3.63) is 0 Å². The van der Waals surface area contributed by atoms with Gasteiger partial charge in [0.2, 0.25) is 0 Å². The maximum atomic E-state index is 4.77. The summed E-state index contributed by atoms with van der Waals surface area (Å²) in [5.74, 6) is 0.941. The minimum Gasteiger partial charge on any atom is -0.357 e. The highest BCUT2D eigenvalue weighted by molar-refractivity contribution is 5.80. The predicted octanol–water partition coefficient (Wildman–Crippen LogP) is 2.21. The molecule has 0 radical (unpaired) electrons. The molecule has 1 rings (SSSR count). The molecule has 1 aliphatic rings. The Hall–Kier alpha value is -0.770. The zero-order valence-corrected chi connectivity index (χ0v) is 13.4. The number of piperidine rings is 1. The summed E-state index contributed by atoms with van der Waals surface area (Å²) in [5.41, 5.74) is 0.0536. The van der Waals surface area contributed by atoms with Crippen molar-refractivity contribution in [3.63, 3.8) is 0 Å². The molecule has 4 nitrogen and oxygen atoms in total. The zero-order valence-electron chi connectivity index (χ0n) is 13.4. The first-order valence-corrected chi connectivity index (χ1v) is 7.76. The highest BCUT2D eigenvalue weighted by atomic mass is 15.2. The van der Waals surface area contributed by atoms with E-state index in [1.807, 2.05) is 0 Å². The smallest absolute Gasteiger partial charge is 0.191 e. The van der Waals surface area contributed by atoms with Gasteiger partial charge in [-0.15, -0.1) is 0 Å². The summed E-state index contributed by atoms with van der Waals surface area (Å²) >= 11 is 0. The Morgan fingerprint density at radius 1 is 1.26 bits per heavy atom. The molecular weight excluding hydrogens is 236 g/mol. The molecule has 0 bridgehead atoms. The van der Waals surface area contributed by atoms with E-state index in [2.05, 4.69) is 50.2 Å². The first-order valence-electron chi connectivity index (χ1n) is 7.76. The Labute approximate surface area is 119 Å². The Morgan fingerprint density at radius 2 is 2.00 bits per heavy atom. The minimum absolute atomic E-state index is 0.0536. The van der Waals surface area contributed by atoms with Gasteiger partial charge < -0.3 is 10.6 Å². The quantitative estimate of drug-likeness (QED) is 0.606. The van der Waals surface area contributed by atoms with Crippen LogP contribution in [-0.2, 0) is 0 Å². The van der Waals surface area contributed by atoms with Gasteiger partial charge in [0.25, 0.3) is 0 Å². The van der Waals surface area contributed by atoms with Crippen LogP contribution in [0.5, 0.6) is 0 Å². The number of likely N-dealkylation sites (tertiary alicyclic amines) is 1. The molecule has 2 N–H and O–H groups in total. The normalized spacial score (nSPS) is 22.4. The van der Waals surface area contributed by atoms with Crippen molar-refractivity contribution in [2.75, 3.05) is 26.2 Å². The SMILES string of the molecule is CCNC(=NCC1CCCCN1CC)NC(C)(C)C. The molecule has 112 valence electrons. The number of hydrogen-bond acceptors (Lipinski definition) is 2. The summed E-state index contributed by atoms with van der Waals surface area (Å²) in [6, 6.07) is 0.620. The van der Waals surface area contributed by atoms with Gasteiger partial charge in [-0.25, -0.2) is 0 Å². The summed E-state index contributed by atoms with van der Waals surface area (Å²) in [6.07, 6.45) is 3.97. The number of rotatable bonds is 4. The van der Waals surface area contributed by atoms with Crippen molar-refractivity contribution in [1.29, 1.82) is 0 Å². The van der Waals surface area contributed by atoms with E-state index in [4.69, 9.17) is 4.99 Å². The number of nitrogens with zero attached hydrogens (tertiary/aromatic N) is 2. The highest BCUT2D eigenvalue weighted by Gasteiger charge is 2.21. The second-order valence-corrected chi connectivity index (χ2v) is 6.37. The lowest BCUT2D eigenvalue weighted by Crippen LogP contribution is -2.48. The Bertz CT molecular complexity index is 280. The fourth-order valence-corrected chi connectivity index (χ4v) is 2.54. The van der Waals surface area contributed by atoms with E-state index in [0.29, 0.717) is 6.04 Å². The highest BCUT2D eigenvalue weighted by Crippen LogP contribution is 2.16. The van der Waals surface area contributed by atoms with Gasteiger partial charge in [0.1, 0.15) is 0 Å². The van der Waals surface area contributed by atoms with Crippen LogP contribution in [-0.4, -0.2) is 48.6 Å². The topological polar surface area (TPSA) is 39.7 Å². The fraction of sp³-hybridized carbons (Fsp3) is 0.933. The lowest BCUT2D eigenvalue weighted by atomic mass is 10.0. The van der Waals surface area contributed by atoms with Crippen molar-refractivity contribution >= 4 is 5.96 Å². The summed E-state index contributed by atoms with van der Waals surface area (Å²) in [5, 5.41) is 6.78. The van der Waals surface area contributed by atoms with Crippen molar-refractivity contribution in [2.45, 2.75) is 65.5 Å². The molecule has 0 amide bonds. The molecule has 0 aromatic rings. The van der Waals surface area contributed by atoms with E-state index in [1.54, 1.807) is 0 Å². The van der Waals surface area contributed by atoms with Gasteiger partial charge in [0, 0.05) is 18.1 Å². The Kier molecular flexibility index (Phi) is 6.63. The average molecular weight is 268 g/mol. The average Bonchev–Trinajstić information content (AvgIpc) is 2.35. The molecule has 0 spiro atoms. The number of guanidine groups is 1. The molecule has 0 aromatic carbocycles. The van der Waals surface area contributed by atoms with Gasteiger partial charge in [-0.2, -0.15) is 0 Å². The summed E-state index contributed by atoms with van der Waals surface area (Å²) < 4.78 is 0. The van der Waals surface area contributed by atoms with Gasteiger partial charge in [-0.3, -0.25) is 9.89 Å². The third-order valence-corrected chi connectivity index (χ3v) is 3.45. The monoisotopic (exact) mass is 268 g/mol. The fourth-order valence-electron chi connectivity index (χ4n) is 2.54. The van der Waals surface area contributed by atoms with Crippen molar-refractivity contribution in [2.24, 2.45) is 4.99 Å². The van der Waals surface area contributed by atoms with Gasteiger partial charge >= 0.3 is 0 Å². The van der Waals surface area contributed by atoms with Crippen molar-refractivity contribution in [1.82, 2.24) is 15.5 Å². The van der Waals surface area contributed by atoms with Crippen LogP contribution in [0.15, 0.2) is 4.99 Å². The first-order chi connectivity index (χ1) is 8.96. The lowest BCUT2D eigenvalue weighted by molar-refractivity contribution is 0.161. The molecular formula is C15H32N4. The van der Waals surface area contributed by atoms with E-state index in [1.165, 1.54) is 25.8 Å². The molecule has 1 atom stereocenters. The third-order valence-electron chi connectivity index (χ3n) is 3.45. The van der Waals surface area contributed by atoms with Crippen LogP contribution in [0.1, 0.15) is 53.9 Å². The molecule has 0 aliphatic carbocycles. The van der Waals surface area contributed by atoms with Gasteiger partial charge in [0.05, 0.1) is 6.54 Å². The maximum Gasteiger partial charge on any atom is 0.191 e. The Balaban J connectivity index is 2.57. The second-order valence-electron chi connectivity index (χ2n) is 6.37. The molecule has 1 saturated heterocycles. The van der Waals surface area contributed by atoms with E-state index in [0.717, 1.165) is 25.6 Å². The van der Waals surface area contributed by atoms with Crippen LogP contribution < -0.4 is 10.6 Å². The van der Waals surface area contributed by atoms with Crippen molar-refractivity contribution in [3.8, 4) is 0 Å². The largest absolute Gasteiger partial charge is 0.357 e. The number of likely N-dealkylation sites (N-methyl/N-ethyl adjacent to an activating group) is 1. The summed E-state index contributed by atoms with van der Waals surface area (Å²) in [6.45, 7) is 15.0. The minimum atomic E-state index is 0.0536. The van der Waals surface area contributed by atoms with Crippen LogP contribution >= 0.6 is 0 Å². The molecule has 1 aliphatic heterocycles. The van der Waals surface area contributed by atoms with Gasteiger partial charge in [-0.1, -0.05) is 13.3 Å².